The van der Waals surface area contributed by atoms with Crippen molar-refractivity contribution in [1.29, 1.82) is 0 Å². The van der Waals surface area contributed by atoms with Gasteiger partial charge in [-0.3, -0.25) is 14.9 Å². The van der Waals surface area contributed by atoms with Crippen LogP contribution in [-0.4, -0.2) is 36.6 Å². The Morgan fingerprint density at radius 2 is 1.47 bits per heavy atom. The molecule has 8 nitrogen and oxygen atoms in total. The zero-order valence-electron chi connectivity index (χ0n) is 18.8. The van der Waals surface area contributed by atoms with E-state index in [0.29, 0.717) is 39.5 Å². The van der Waals surface area contributed by atoms with Gasteiger partial charge in [-0.2, -0.15) is 0 Å². The molecule has 0 amide bonds. The summed E-state index contributed by atoms with van der Waals surface area (Å²) in [4.78, 5) is 24.3. The number of benzene rings is 3. The van der Waals surface area contributed by atoms with Crippen molar-refractivity contribution in [2.45, 2.75) is 0 Å². The highest BCUT2D eigenvalue weighted by Crippen LogP contribution is 2.39. The molecule has 172 valence electrons. The number of ketones is 1. The Bertz CT molecular complexity index is 1320. The van der Waals surface area contributed by atoms with Crippen molar-refractivity contribution in [3.05, 3.63) is 100 Å². The zero-order chi connectivity index (χ0) is 24.2. The fourth-order valence-electron chi connectivity index (χ4n) is 3.75. The molecular formula is C26H22N2O6. The van der Waals surface area contributed by atoms with Crippen molar-refractivity contribution >= 4 is 11.5 Å². The molecule has 34 heavy (non-hydrogen) atoms. The third-order valence-electron chi connectivity index (χ3n) is 5.44. The Morgan fingerprint density at radius 3 is 2.00 bits per heavy atom. The molecule has 0 aliphatic carbocycles. The van der Waals surface area contributed by atoms with Crippen LogP contribution in [0.1, 0.15) is 15.9 Å². The van der Waals surface area contributed by atoms with Crippen molar-refractivity contribution in [3.63, 3.8) is 0 Å². The summed E-state index contributed by atoms with van der Waals surface area (Å²) in [7, 11) is 4.47. The van der Waals surface area contributed by atoms with Crippen LogP contribution in [0.25, 0.3) is 16.8 Å². The number of para-hydroxylation sites is 1. The predicted molar refractivity (Wildman–Crippen MR) is 127 cm³/mol. The van der Waals surface area contributed by atoms with Crippen LogP contribution in [0.15, 0.2) is 79.1 Å². The van der Waals surface area contributed by atoms with E-state index in [9.17, 15) is 14.9 Å². The fraction of sp³-hybridized carbons (Fsp3) is 0.115. The summed E-state index contributed by atoms with van der Waals surface area (Å²) in [6.45, 7) is 0. The van der Waals surface area contributed by atoms with E-state index in [1.54, 1.807) is 30.5 Å². The van der Waals surface area contributed by atoms with Gasteiger partial charge in [0.2, 0.25) is 5.75 Å². The monoisotopic (exact) mass is 458 g/mol. The molecule has 0 spiro atoms. The maximum Gasteiger partial charge on any atom is 0.269 e. The molecule has 0 saturated heterocycles. The van der Waals surface area contributed by atoms with Crippen LogP contribution >= 0.6 is 0 Å². The average Bonchev–Trinajstić information content (AvgIpc) is 3.33. The molecule has 4 aromatic rings. The van der Waals surface area contributed by atoms with Gasteiger partial charge >= 0.3 is 0 Å². The molecule has 0 N–H and O–H groups in total. The van der Waals surface area contributed by atoms with E-state index in [-0.39, 0.29) is 11.5 Å². The van der Waals surface area contributed by atoms with Crippen LogP contribution < -0.4 is 14.2 Å². The van der Waals surface area contributed by atoms with E-state index in [2.05, 4.69) is 0 Å². The molecule has 0 bridgehead atoms. The summed E-state index contributed by atoms with van der Waals surface area (Å²) in [5.74, 6) is 0.857. The maximum absolute atomic E-state index is 13.7. The summed E-state index contributed by atoms with van der Waals surface area (Å²) >= 11 is 0. The third-order valence-corrected chi connectivity index (χ3v) is 5.44. The molecule has 4 rings (SSSR count). The lowest BCUT2D eigenvalue weighted by Gasteiger charge is -2.14. The molecule has 1 heterocycles. The highest BCUT2D eigenvalue weighted by molar-refractivity contribution is 6.13. The van der Waals surface area contributed by atoms with E-state index < -0.39 is 4.92 Å². The first-order valence-corrected chi connectivity index (χ1v) is 10.3. The number of nitro benzene ring substituents is 1. The summed E-state index contributed by atoms with van der Waals surface area (Å²) in [6.07, 6.45) is 3.58. The Kier molecular flexibility index (Phi) is 6.31. The van der Waals surface area contributed by atoms with Crippen molar-refractivity contribution in [1.82, 2.24) is 4.57 Å². The SMILES string of the molecule is COc1cc(C(=O)c2cn(-c3ccccc3)cc2-c2ccc([N+](=O)[O-])cc2)cc(OC)c1OC. The Balaban J connectivity index is 1.87. The van der Waals surface area contributed by atoms with Crippen LogP contribution in [0.4, 0.5) is 5.69 Å². The third kappa shape index (κ3) is 4.21. The lowest BCUT2D eigenvalue weighted by Crippen LogP contribution is -2.04. The van der Waals surface area contributed by atoms with Crippen molar-refractivity contribution in [2.75, 3.05) is 21.3 Å². The van der Waals surface area contributed by atoms with Gasteiger partial charge in [0, 0.05) is 46.9 Å². The number of nitro groups is 1. The normalized spacial score (nSPS) is 10.6. The number of carbonyl (C=O) groups is 1. The first kappa shape index (κ1) is 22.6. The van der Waals surface area contributed by atoms with Gasteiger partial charge in [0.1, 0.15) is 0 Å². The number of ether oxygens (including phenoxy) is 3. The van der Waals surface area contributed by atoms with Crippen LogP contribution in [0.2, 0.25) is 0 Å². The van der Waals surface area contributed by atoms with Gasteiger partial charge in [0.05, 0.1) is 26.3 Å². The highest BCUT2D eigenvalue weighted by atomic mass is 16.6. The Morgan fingerprint density at radius 1 is 0.853 bits per heavy atom. The summed E-state index contributed by atoms with van der Waals surface area (Å²) < 4.78 is 18.0. The van der Waals surface area contributed by atoms with Crippen molar-refractivity contribution < 1.29 is 23.9 Å². The first-order chi connectivity index (χ1) is 16.5. The largest absolute Gasteiger partial charge is 0.493 e. The zero-order valence-corrected chi connectivity index (χ0v) is 18.8. The minimum Gasteiger partial charge on any atom is -0.493 e. The number of non-ortho nitro benzene ring substituents is 1. The van der Waals surface area contributed by atoms with Gasteiger partial charge in [0.15, 0.2) is 17.3 Å². The highest BCUT2D eigenvalue weighted by Gasteiger charge is 2.22. The molecule has 0 radical (unpaired) electrons. The van der Waals surface area contributed by atoms with E-state index in [0.717, 1.165) is 5.69 Å². The molecule has 0 atom stereocenters. The lowest BCUT2D eigenvalue weighted by molar-refractivity contribution is -0.384. The lowest BCUT2D eigenvalue weighted by atomic mass is 9.97. The van der Waals surface area contributed by atoms with E-state index >= 15 is 0 Å². The number of hydrogen-bond acceptors (Lipinski definition) is 6. The van der Waals surface area contributed by atoms with Crippen molar-refractivity contribution in [3.8, 4) is 34.1 Å². The number of aromatic nitrogens is 1. The van der Waals surface area contributed by atoms with E-state index in [4.69, 9.17) is 14.2 Å². The van der Waals surface area contributed by atoms with Crippen LogP contribution in [0.5, 0.6) is 17.2 Å². The van der Waals surface area contributed by atoms with E-state index in [1.807, 2.05) is 41.1 Å². The molecule has 8 heteroatoms. The maximum atomic E-state index is 13.7. The van der Waals surface area contributed by atoms with Gasteiger partial charge in [-0.25, -0.2) is 0 Å². The van der Waals surface area contributed by atoms with Crippen molar-refractivity contribution in [2.24, 2.45) is 0 Å². The first-order valence-electron chi connectivity index (χ1n) is 10.3. The van der Waals surface area contributed by atoms with Crippen LogP contribution in [0, 0.1) is 10.1 Å². The van der Waals surface area contributed by atoms with Gasteiger partial charge < -0.3 is 18.8 Å². The summed E-state index contributed by atoms with van der Waals surface area (Å²) in [5.41, 5.74) is 2.93. The number of nitrogens with zero attached hydrogens (tertiary/aromatic N) is 2. The van der Waals surface area contributed by atoms with Gasteiger partial charge in [-0.05, 0) is 42.0 Å². The molecule has 0 aliphatic rings. The number of hydrogen-bond donors (Lipinski definition) is 0. The van der Waals surface area contributed by atoms with Crippen LogP contribution in [0.3, 0.4) is 0 Å². The quantitative estimate of drug-likeness (QED) is 0.202. The number of carbonyl (C=O) groups excluding carboxylic acids is 1. The second-order valence-corrected chi connectivity index (χ2v) is 7.38. The molecular weight excluding hydrogens is 436 g/mol. The van der Waals surface area contributed by atoms with E-state index in [1.165, 1.54) is 33.5 Å². The minimum absolute atomic E-state index is 0.0243. The standard InChI is InChI=1S/C26H22N2O6/c1-32-23-13-18(14-24(33-2)26(23)34-3)25(29)22-16-27(19-7-5-4-6-8-19)15-21(22)17-9-11-20(12-10-17)28(30)31/h4-16H,1-3H3. The number of rotatable bonds is 8. The topological polar surface area (TPSA) is 92.8 Å². The molecule has 3 aromatic carbocycles. The number of methoxy groups -OCH3 is 3. The summed E-state index contributed by atoms with van der Waals surface area (Å²) in [6, 6.07) is 18.9. The second-order valence-electron chi connectivity index (χ2n) is 7.38. The van der Waals surface area contributed by atoms with Gasteiger partial charge in [-0.15, -0.1) is 0 Å². The van der Waals surface area contributed by atoms with Gasteiger partial charge in [-0.1, -0.05) is 18.2 Å². The average molecular weight is 458 g/mol. The smallest absolute Gasteiger partial charge is 0.269 e. The summed E-state index contributed by atoms with van der Waals surface area (Å²) in [5, 5.41) is 11.1. The Hall–Kier alpha value is -4.59. The molecule has 0 aliphatic heterocycles. The molecule has 0 fully saturated rings. The predicted octanol–water partition coefficient (Wildman–Crippen LogP) is 5.31. The van der Waals surface area contributed by atoms with Gasteiger partial charge in [0.25, 0.3) is 5.69 Å². The fourth-order valence-corrected chi connectivity index (χ4v) is 3.75. The molecule has 1 aromatic heterocycles. The molecule has 0 saturated carbocycles. The second kappa shape index (κ2) is 9.50. The van der Waals surface area contributed by atoms with Crippen LogP contribution in [-0.2, 0) is 0 Å². The minimum atomic E-state index is -0.457. The molecule has 0 unspecified atom stereocenters. The Labute approximate surface area is 196 Å².